The van der Waals surface area contributed by atoms with Gasteiger partial charge in [0.25, 0.3) is 5.91 Å². The second-order valence-corrected chi connectivity index (χ2v) is 7.23. The third-order valence-corrected chi connectivity index (χ3v) is 4.99. The summed E-state index contributed by atoms with van der Waals surface area (Å²) in [6.07, 6.45) is 4.39. The second-order valence-electron chi connectivity index (χ2n) is 7.23. The van der Waals surface area contributed by atoms with E-state index in [-0.39, 0.29) is 17.4 Å². The number of amides is 1. The largest absolute Gasteiger partial charge is 0.322 e. The van der Waals surface area contributed by atoms with Crippen molar-refractivity contribution in [3.05, 3.63) is 71.6 Å². The Morgan fingerprint density at radius 2 is 1.78 bits per heavy atom. The van der Waals surface area contributed by atoms with Crippen molar-refractivity contribution in [1.29, 1.82) is 0 Å². The molecule has 5 heteroatoms. The highest BCUT2D eigenvalue weighted by Crippen LogP contribution is 2.14. The molecule has 2 aromatic rings. The summed E-state index contributed by atoms with van der Waals surface area (Å²) < 4.78 is 13.9. The van der Waals surface area contributed by atoms with Gasteiger partial charge in [-0.3, -0.25) is 4.79 Å². The van der Waals surface area contributed by atoms with E-state index in [9.17, 15) is 9.18 Å². The third kappa shape index (κ3) is 6.01. The van der Waals surface area contributed by atoms with Crippen molar-refractivity contribution in [3.63, 3.8) is 0 Å². The van der Waals surface area contributed by atoms with Crippen molar-refractivity contribution < 1.29 is 19.0 Å². The van der Waals surface area contributed by atoms with Crippen LogP contribution in [-0.4, -0.2) is 45.2 Å². The number of hydrogen-bond donors (Lipinski definition) is 3. The van der Waals surface area contributed by atoms with E-state index in [1.807, 2.05) is 25.1 Å². The first-order valence-electron chi connectivity index (χ1n) is 9.55. The van der Waals surface area contributed by atoms with Crippen LogP contribution < -0.4 is 15.1 Å². The minimum Gasteiger partial charge on any atom is -0.322 e. The lowest BCUT2D eigenvalue weighted by molar-refractivity contribution is -1.01. The molecule has 1 saturated heterocycles. The summed E-state index contributed by atoms with van der Waals surface area (Å²) in [7, 11) is 0. The van der Waals surface area contributed by atoms with Crippen LogP contribution in [-0.2, 0) is 4.79 Å². The lowest BCUT2D eigenvalue weighted by Crippen LogP contribution is -3.28. The van der Waals surface area contributed by atoms with Crippen LogP contribution in [0.5, 0.6) is 0 Å². The number of anilines is 1. The molecule has 0 aliphatic carbocycles. The van der Waals surface area contributed by atoms with Crippen molar-refractivity contribution in [2.24, 2.45) is 0 Å². The maximum Gasteiger partial charge on any atom is 0.279 e. The van der Waals surface area contributed by atoms with Crippen molar-refractivity contribution in [1.82, 2.24) is 0 Å². The number of piperazine rings is 1. The zero-order valence-corrected chi connectivity index (χ0v) is 15.8. The molecular formula is C22H28FN3O+2. The first-order chi connectivity index (χ1) is 13.1. The average Bonchev–Trinajstić information content (AvgIpc) is 2.66. The molecule has 0 bridgehead atoms. The zero-order valence-electron chi connectivity index (χ0n) is 15.8. The number of quaternary nitrogens is 2. The van der Waals surface area contributed by atoms with E-state index in [4.69, 9.17) is 0 Å². The van der Waals surface area contributed by atoms with Gasteiger partial charge in [-0.1, -0.05) is 42.5 Å². The normalized spacial score (nSPS) is 19.9. The summed E-state index contributed by atoms with van der Waals surface area (Å²) in [4.78, 5) is 15.0. The fourth-order valence-electron chi connectivity index (χ4n) is 3.41. The number of rotatable bonds is 6. The summed E-state index contributed by atoms with van der Waals surface area (Å²) in [6.45, 7) is 7.22. The molecule has 3 N–H and O–H groups in total. The Kier molecular flexibility index (Phi) is 6.74. The average molecular weight is 369 g/mol. The molecule has 27 heavy (non-hydrogen) atoms. The highest BCUT2D eigenvalue weighted by molar-refractivity contribution is 5.91. The Labute approximate surface area is 160 Å². The van der Waals surface area contributed by atoms with Gasteiger partial charge in [0.15, 0.2) is 6.54 Å². The Bertz CT molecular complexity index is 783. The first kappa shape index (κ1) is 19.3. The molecule has 1 heterocycles. The van der Waals surface area contributed by atoms with Crippen LogP contribution in [0.2, 0.25) is 0 Å². The van der Waals surface area contributed by atoms with Crippen LogP contribution in [0.4, 0.5) is 10.1 Å². The van der Waals surface area contributed by atoms with Crippen LogP contribution in [0.15, 0.2) is 54.6 Å². The number of aryl methyl sites for hydroxylation is 1. The van der Waals surface area contributed by atoms with E-state index in [1.165, 1.54) is 21.4 Å². The fraction of sp³-hybridized carbons (Fsp3) is 0.318. The molecule has 0 radical (unpaired) electrons. The number of halogens is 1. The van der Waals surface area contributed by atoms with Gasteiger partial charge in [0.1, 0.15) is 32.0 Å². The molecule has 4 nitrogen and oxygen atoms in total. The monoisotopic (exact) mass is 369 g/mol. The Morgan fingerprint density at radius 3 is 2.48 bits per heavy atom. The van der Waals surface area contributed by atoms with Crippen LogP contribution >= 0.6 is 0 Å². The molecule has 1 fully saturated rings. The topological polar surface area (TPSA) is 38.0 Å². The van der Waals surface area contributed by atoms with E-state index >= 15 is 0 Å². The van der Waals surface area contributed by atoms with E-state index in [0.29, 0.717) is 6.54 Å². The third-order valence-electron chi connectivity index (χ3n) is 4.99. The molecule has 0 saturated carbocycles. The molecule has 2 aromatic carbocycles. The summed E-state index contributed by atoms with van der Waals surface area (Å²) in [5.74, 6) is -0.502. The van der Waals surface area contributed by atoms with E-state index in [2.05, 4.69) is 29.6 Å². The minimum atomic E-state index is -0.377. The molecule has 1 aliphatic rings. The Balaban J connectivity index is 1.40. The van der Waals surface area contributed by atoms with Crippen LogP contribution in [0, 0.1) is 12.7 Å². The van der Waals surface area contributed by atoms with E-state index < -0.39 is 0 Å². The lowest BCUT2D eigenvalue weighted by atomic mass is 10.2. The highest BCUT2D eigenvalue weighted by Gasteiger charge is 2.24. The van der Waals surface area contributed by atoms with Gasteiger partial charge in [0.05, 0.1) is 12.2 Å². The summed E-state index contributed by atoms with van der Waals surface area (Å²) >= 11 is 0. The molecule has 0 atom stereocenters. The van der Waals surface area contributed by atoms with Gasteiger partial charge in [-0.25, -0.2) is 4.39 Å². The summed E-state index contributed by atoms with van der Waals surface area (Å²) in [5, 5.41) is 2.70. The molecule has 0 aromatic heterocycles. The summed E-state index contributed by atoms with van der Waals surface area (Å²) in [6, 6.07) is 15.2. The van der Waals surface area contributed by atoms with Gasteiger partial charge < -0.3 is 15.1 Å². The molecular weight excluding hydrogens is 341 g/mol. The number of carbonyl (C=O) groups is 1. The van der Waals surface area contributed by atoms with Crippen molar-refractivity contribution in [2.45, 2.75) is 6.92 Å². The van der Waals surface area contributed by atoms with Crippen LogP contribution in [0.25, 0.3) is 6.08 Å². The van der Waals surface area contributed by atoms with E-state index in [1.54, 1.807) is 12.1 Å². The van der Waals surface area contributed by atoms with Crippen molar-refractivity contribution in [3.8, 4) is 0 Å². The molecule has 142 valence electrons. The molecule has 0 spiro atoms. The van der Waals surface area contributed by atoms with Crippen LogP contribution in [0.3, 0.4) is 0 Å². The predicted molar refractivity (Wildman–Crippen MR) is 106 cm³/mol. The second kappa shape index (κ2) is 9.44. The molecule has 1 aliphatic heterocycles. The van der Waals surface area contributed by atoms with E-state index in [0.717, 1.165) is 38.3 Å². The quantitative estimate of drug-likeness (QED) is 0.684. The maximum atomic E-state index is 13.9. The number of hydrogen-bond acceptors (Lipinski definition) is 1. The van der Waals surface area contributed by atoms with Gasteiger partial charge in [0.2, 0.25) is 0 Å². The maximum absolute atomic E-state index is 13.9. The zero-order chi connectivity index (χ0) is 19.1. The van der Waals surface area contributed by atoms with Gasteiger partial charge >= 0.3 is 0 Å². The standard InChI is InChI=1S/C22H26FN3O/c1-18-9-10-21(20(23)16-18)24-22(27)17-26-14-12-25(13-15-26)11-5-8-19-6-3-2-4-7-19/h2-10,16H,11-15,17H2,1H3,(H,24,27)/p+2/b8-5+. The van der Waals surface area contributed by atoms with Gasteiger partial charge in [-0.2, -0.15) is 0 Å². The van der Waals surface area contributed by atoms with Crippen molar-refractivity contribution in [2.75, 3.05) is 44.6 Å². The molecule has 1 amide bonds. The number of nitrogens with one attached hydrogen (secondary N) is 3. The fourth-order valence-corrected chi connectivity index (χ4v) is 3.41. The van der Waals surface area contributed by atoms with Gasteiger partial charge in [-0.05, 0) is 36.3 Å². The first-order valence-corrected chi connectivity index (χ1v) is 9.55. The minimum absolute atomic E-state index is 0.125. The number of benzene rings is 2. The highest BCUT2D eigenvalue weighted by atomic mass is 19.1. The van der Waals surface area contributed by atoms with Gasteiger partial charge in [-0.15, -0.1) is 0 Å². The predicted octanol–water partition coefficient (Wildman–Crippen LogP) is 0.569. The van der Waals surface area contributed by atoms with Crippen LogP contribution in [0.1, 0.15) is 11.1 Å². The lowest BCUT2D eigenvalue weighted by Gasteiger charge is -2.28. The molecule has 0 unspecified atom stereocenters. The van der Waals surface area contributed by atoms with Crippen molar-refractivity contribution >= 4 is 17.7 Å². The van der Waals surface area contributed by atoms with Gasteiger partial charge in [0, 0.05) is 0 Å². The Morgan fingerprint density at radius 1 is 1.07 bits per heavy atom. The Hall–Kier alpha value is -2.50. The summed E-state index contributed by atoms with van der Waals surface area (Å²) in [5.41, 5.74) is 2.33. The number of carbonyl (C=O) groups excluding carboxylic acids is 1. The smallest absolute Gasteiger partial charge is 0.279 e. The SMILES string of the molecule is Cc1ccc(NC(=O)C[NH+]2CC[NH+](C/C=C/c3ccccc3)CC2)c(F)c1. The molecule has 3 rings (SSSR count).